The summed E-state index contributed by atoms with van der Waals surface area (Å²) < 4.78 is 0. The van der Waals surface area contributed by atoms with Crippen LogP contribution in [0, 0.1) is 0 Å². The monoisotopic (exact) mass is 314 g/mol. The molecule has 0 fully saturated rings. The average Bonchev–Trinajstić information content (AvgIpc) is 1.88. The summed E-state index contributed by atoms with van der Waals surface area (Å²) in [6.45, 7) is 0. The average molecular weight is 315 g/mol. The van der Waals surface area contributed by atoms with Gasteiger partial charge in [0.1, 0.15) is 0 Å². The molecule has 0 aliphatic rings. The van der Waals surface area contributed by atoms with E-state index < -0.39 is 22.2 Å². The molecule has 0 unspecified atom stereocenters. The standard InChI is InChI=1S/2C2H2O3S.Pd/c2*3-1(4)2(5)6;/h2*(H,3,4)(H,5,6);/q;;+4/p-4. The molecule has 0 radical (unpaired) electrons. The summed E-state index contributed by atoms with van der Waals surface area (Å²) in [6.07, 6.45) is 0. The van der Waals surface area contributed by atoms with Gasteiger partial charge < -0.3 is 54.6 Å². The van der Waals surface area contributed by atoms with Gasteiger partial charge in [0.05, 0.1) is 22.2 Å². The van der Waals surface area contributed by atoms with Crippen LogP contribution in [-0.4, -0.2) is 22.2 Å². The maximum atomic E-state index is 9.30. The van der Waals surface area contributed by atoms with E-state index in [1.54, 1.807) is 0 Å². The predicted molar refractivity (Wildman–Crippen MR) is 34.8 cm³/mol. The van der Waals surface area contributed by atoms with Gasteiger partial charge in [0.25, 0.3) is 0 Å². The van der Waals surface area contributed by atoms with Gasteiger partial charge >= 0.3 is 20.4 Å². The van der Waals surface area contributed by atoms with Gasteiger partial charge in [-0.05, 0) is 0 Å². The predicted octanol–water partition coefficient (Wildman–Crippen LogP) is -4.38. The van der Waals surface area contributed by atoms with Crippen LogP contribution in [0.4, 0.5) is 0 Å². The number of carbonyl (C=O) groups excluding carboxylic acids is 4. The first-order chi connectivity index (χ1) is 5.29. The molecular formula is C4O6PdS2. The topological polar surface area (TPSA) is 114 Å². The van der Waals surface area contributed by atoms with Crippen LogP contribution in [-0.2, 0) is 64.9 Å². The molecule has 74 valence electrons. The first-order valence-electron chi connectivity index (χ1n) is 2.13. The van der Waals surface area contributed by atoms with Crippen molar-refractivity contribution >= 4 is 47.4 Å². The molecule has 0 saturated carbocycles. The van der Waals surface area contributed by atoms with E-state index in [1.165, 1.54) is 0 Å². The molecule has 0 aliphatic carbocycles. The van der Waals surface area contributed by atoms with Gasteiger partial charge in [-0.2, -0.15) is 0 Å². The van der Waals surface area contributed by atoms with Crippen molar-refractivity contribution in [3.63, 3.8) is 0 Å². The maximum Gasteiger partial charge on any atom is 4.00 e. The molecule has 0 aliphatic heterocycles. The zero-order valence-electron chi connectivity index (χ0n) is 5.58. The summed E-state index contributed by atoms with van der Waals surface area (Å²) in [5.41, 5.74) is 0. The fraction of sp³-hybridized carbons (Fsp3) is 0. The molecule has 6 nitrogen and oxygen atoms in total. The molecule has 0 saturated heterocycles. The van der Waals surface area contributed by atoms with Crippen molar-refractivity contribution in [2.45, 2.75) is 0 Å². The van der Waals surface area contributed by atoms with E-state index in [9.17, 15) is 9.59 Å². The third-order valence-corrected chi connectivity index (χ3v) is 0.667. The largest absolute Gasteiger partial charge is 4.00 e. The SMILES string of the molecule is O=C([O-])C(=O)[S-].O=C([O-])C(=O)[S-].[Pd+4]. The van der Waals surface area contributed by atoms with Crippen molar-refractivity contribution in [1.29, 1.82) is 0 Å². The van der Waals surface area contributed by atoms with Crippen LogP contribution in [0.2, 0.25) is 0 Å². The third-order valence-electron chi connectivity index (χ3n) is 0.333. The van der Waals surface area contributed by atoms with Gasteiger partial charge in [0, 0.05) is 0 Å². The number of hydrogen-bond acceptors (Lipinski definition) is 8. The van der Waals surface area contributed by atoms with E-state index in [0.717, 1.165) is 0 Å². The number of aliphatic carboxylic acids is 2. The van der Waals surface area contributed by atoms with Crippen LogP contribution in [0.3, 0.4) is 0 Å². The Kier molecular flexibility index (Phi) is 13.3. The summed E-state index contributed by atoms with van der Waals surface area (Å²) in [6, 6.07) is 0. The van der Waals surface area contributed by atoms with Gasteiger partial charge in [-0.25, -0.2) is 0 Å². The van der Waals surface area contributed by atoms with Crippen molar-refractivity contribution in [1.82, 2.24) is 0 Å². The Morgan fingerprint density at radius 2 is 0.846 bits per heavy atom. The van der Waals surface area contributed by atoms with Crippen LogP contribution in [0.1, 0.15) is 0 Å². The first kappa shape index (κ1) is 18.2. The zero-order valence-corrected chi connectivity index (χ0v) is 8.77. The molecule has 0 N–H and O–H groups in total. The van der Waals surface area contributed by atoms with Gasteiger partial charge in [0.2, 0.25) is 0 Å². The number of carboxylic acid groups (broad SMARTS) is 2. The molecule has 0 aromatic rings. The minimum atomic E-state index is -1.81. The third kappa shape index (κ3) is 18.4. The summed E-state index contributed by atoms with van der Waals surface area (Å²) in [4.78, 5) is 36.9. The molecular weight excluding hydrogens is 315 g/mol. The fourth-order valence-corrected chi connectivity index (χ4v) is 0. The summed E-state index contributed by atoms with van der Waals surface area (Å²) in [5.74, 6) is -3.63. The van der Waals surface area contributed by atoms with Crippen molar-refractivity contribution < 1.29 is 49.8 Å². The van der Waals surface area contributed by atoms with E-state index in [4.69, 9.17) is 19.8 Å². The Hall–Kier alpha value is -0.618. The molecule has 0 heterocycles. The molecule has 0 atom stereocenters. The zero-order chi connectivity index (χ0) is 10.3. The van der Waals surface area contributed by atoms with E-state index in [0.29, 0.717) is 0 Å². The fourth-order valence-electron chi connectivity index (χ4n) is 0. The van der Waals surface area contributed by atoms with Crippen LogP contribution in [0.15, 0.2) is 0 Å². The van der Waals surface area contributed by atoms with Crippen LogP contribution in [0.25, 0.3) is 0 Å². The molecule has 0 bridgehead atoms. The first-order valence-corrected chi connectivity index (χ1v) is 2.95. The quantitative estimate of drug-likeness (QED) is 0.285. The number of rotatable bonds is 2. The van der Waals surface area contributed by atoms with Crippen LogP contribution >= 0.6 is 0 Å². The molecule has 13 heavy (non-hydrogen) atoms. The molecule has 0 amide bonds. The van der Waals surface area contributed by atoms with Crippen LogP contribution < -0.4 is 10.2 Å². The second-order valence-electron chi connectivity index (χ2n) is 1.15. The summed E-state index contributed by atoms with van der Waals surface area (Å²) in [5, 5.41) is 15.6. The number of carbonyl (C=O) groups is 4. The van der Waals surface area contributed by atoms with Gasteiger partial charge in [-0.15, -0.1) is 0 Å². The Balaban J connectivity index is -0.000000143. The molecule has 0 aromatic carbocycles. The number of hydrogen-bond donors (Lipinski definition) is 0. The van der Waals surface area contributed by atoms with E-state index in [1.807, 2.05) is 0 Å². The summed E-state index contributed by atoms with van der Waals surface area (Å²) in [7, 11) is 0. The number of carboxylic acids is 2. The second kappa shape index (κ2) is 9.47. The Morgan fingerprint density at radius 1 is 0.769 bits per heavy atom. The van der Waals surface area contributed by atoms with Crippen molar-refractivity contribution in [2.24, 2.45) is 0 Å². The molecule has 0 spiro atoms. The molecule has 9 heteroatoms. The van der Waals surface area contributed by atoms with Crippen LogP contribution in [0.5, 0.6) is 0 Å². The Bertz CT molecular complexity index is 179. The summed E-state index contributed by atoms with van der Waals surface area (Å²) >= 11 is 7.20. The maximum absolute atomic E-state index is 9.30. The van der Waals surface area contributed by atoms with E-state index >= 15 is 0 Å². The van der Waals surface area contributed by atoms with E-state index in [2.05, 4.69) is 25.3 Å². The van der Waals surface area contributed by atoms with Crippen molar-refractivity contribution in [3.8, 4) is 0 Å². The van der Waals surface area contributed by atoms with Crippen molar-refractivity contribution in [2.75, 3.05) is 0 Å². The Morgan fingerprint density at radius 3 is 0.846 bits per heavy atom. The van der Waals surface area contributed by atoms with Gasteiger partial charge in [-0.1, -0.05) is 0 Å². The smallest absolute Gasteiger partial charge is 0.736 e. The van der Waals surface area contributed by atoms with E-state index in [-0.39, 0.29) is 20.4 Å². The minimum absolute atomic E-state index is 0. The molecule has 0 aromatic heterocycles. The second-order valence-corrected chi connectivity index (χ2v) is 1.89. The minimum Gasteiger partial charge on any atom is -0.736 e. The van der Waals surface area contributed by atoms with Gasteiger partial charge in [0.15, 0.2) is 0 Å². The van der Waals surface area contributed by atoms with Gasteiger partial charge in [-0.3, -0.25) is 0 Å². The Labute approximate surface area is 97.2 Å². The molecule has 0 rings (SSSR count). The normalized spacial score (nSPS) is 6.77. The van der Waals surface area contributed by atoms with Crippen molar-refractivity contribution in [3.05, 3.63) is 0 Å².